The topological polar surface area (TPSA) is 61.9 Å². The lowest BCUT2D eigenvalue weighted by atomic mass is 10.1. The fourth-order valence-electron chi connectivity index (χ4n) is 3.18. The zero-order valence-corrected chi connectivity index (χ0v) is 14.6. The summed E-state index contributed by atoms with van der Waals surface area (Å²) in [6.07, 6.45) is 9.59. The van der Waals surface area contributed by atoms with Gasteiger partial charge in [0.15, 0.2) is 5.65 Å². The van der Waals surface area contributed by atoms with Gasteiger partial charge in [-0.3, -0.25) is 9.89 Å². The Bertz CT molecular complexity index is 1000. The number of hydrogen-bond acceptors (Lipinski definition) is 3. The van der Waals surface area contributed by atoms with E-state index in [1.54, 1.807) is 6.20 Å². The van der Waals surface area contributed by atoms with E-state index in [0.717, 1.165) is 35.2 Å². The fourth-order valence-corrected chi connectivity index (χ4v) is 3.18. The summed E-state index contributed by atoms with van der Waals surface area (Å²) in [5.41, 5.74) is 4.26. The minimum atomic E-state index is -0.0367. The second kappa shape index (κ2) is 6.96. The van der Waals surface area contributed by atoms with Crippen LogP contribution in [0.3, 0.4) is 0 Å². The van der Waals surface area contributed by atoms with Gasteiger partial charge in [-0.2, -0.15) is 5.10 Å². The van der Waals surface area contributed by atoms with Crippen molar-refractivity contribution < 1.29 is 4.79 Å². The van der Waals surface area contributed by atoms with Gasteiger partial charge in [-0.1, -0.05) is 42.5 Å². The number of aryl methyl sites for hydroxylation is 1. The first kappa shape index (κ1) is 16.3. The van der Waals surface area contributed by atoms with Crippen LogP contribution in [0.15, 0.2) is 66.5 Å². The van der Waals surface area contributed by atoms with Crippen molar-refractivity contribution in [3.8, 4) is 0 Å². The Morgan fingerprint density at radius 1 is 1.27 bits per heavy atom. The smallest absolute Gasteiger partial charge is 0.259 e. The first-order chi connectivity index (χ1) is 12.7. The van der Waals surface area contributed by atoms with Crippen molar-refractivity contribution in [3.63, 3.8) is 0 Å². The molecule has 5 nitrogen and oxygen atoms in total. The minimum absolute atomic E-state index is 0.0367. The molecule has 0 fully saturated rings. The molecule has 4 rings (SSSR count). The molecule has 0 saturated carbocycles. The number of carbonyl (C=O) groups excluding carboxylic acids is 1. The number of nitrogens with zero attached hydrogens (tertiary/aromatic N) is 3. The zero-order valence-electron chi connectivity index (χ0n) is 14.6. The number of aromatic amines is 1. The summed E-state index contributed by atoms with van der Waals surface area (Å²) in [7, 11) is 0. The van der Waals surface area contributed by atoms with E-state index in [1.807, 2.05) is 60.4 Å². The Hall–Kier alpha value is -3.21. The molecule has 5 heteroatoms. The number of H-pyrrole nitrogens is 1. The first-order valence-electron chi connectivity index (χ1n) is 8.74. The molecule has 0 bridgehead atoms. The number of allylic oxidation sites excluding steroid dienone is 4. The van der Waals surface area contributed by atoms with Crippen LogP contribution in [0.25, 0.3) is 11.0 Å². The number of carbonyl (C=O) groups is 1. The summed E-state index contributed by atoms with van der Waals surface area (Å²) in [4.78, 5) is 19.5. The molecule has 3 aromatic rings. The highest BCUT2D eigenvalue weighted by Crippen LogP contribution is 2.23. The van der Waals surface area contributed by atoms with E-state index < -0.39 is 0 Å². The van der Waals surface area contributed by atoms with Gasteiger partial charge in [0.05, 0.1) is 12.1 Å². The third-order valence-electron chi connectivity index (χ3n) is 4.61. The SMILES string of the molecule is Cc1[nH]nc2ncc(C(=O)N(Cc3ccccc3)C3=CC=CCC3)cc12. The number of fused-ring (bicyclic) bond motifs is 1. The molecule has 1 N–H and O–H groups in total. The lowest BCUT2D eigenvalue weighted by molar-refractivity contribution is 0.0790. The maximum atomic E-state index is 13.3. The van der Waals surface area contributed by atoms with Gasteiger partial charge in [-0.25, -0.2) is 4.98 Å². The average Bonchev–Trinajstić information content (AvgIpc) is 3.07. The summed E-state index contributed by atoms with van der Waals surface area (Å²) < 4.78 is 0. The van der Waals surface area contributed by atoms with E-state index in [9.17, 15) is 4.79 Å². The van der Waals surface area contributed by atoms with Crippen molar-refractivity contribution in [2.75, 3.05) is 0 Å². The minimum Gasteiger partial charge on any atom is -0.308 e. The van der Waals surface area contributed by atoms with Gasteiger partial charge in [-0.15, -0.1) is 0 Å². The molecule has 1 aliphatic carbocycles. The van der Waals surface area contributed by atoms with Crippen LogP contribution < -0.4 is 0 Å². The van der Waals surface area contributed by atoms with Crippen LogP contribution in [0.4, 0.5) is 0 Å². The molecule has 0 unspecified atom stereocenters. The number of pyridine rings is 1. The van der Waals surface area contributed by atoms with Gasteiger partial charge in [-0.05, 0) is 37.5 Å². The van der Waals surface area contributed by atoms with Gasteiger partial charge in [0.25, 0.3) is 5.91 Å². The number of amides is 1. The maximum absolute atomic E-state index is 13.3. The second-order valence-corrected chi connectivity index (χ2v) is 6.45. The van der Waals surface area contributed by atoms with Crippen LogP contribution in [-0.4, -0.2) is 26.0 Å². The summed E-state index contributed by atoms with van der Waals surface area (Å²) in [6.45, 7) is 2.48. The molecule has 0 aliphatic heterocycles. The van der Waals surface area contributed by atoms with Crippen LogP contribution in [0.1, 0.15) is 34.5 Å². The maximum Gasteiger partial charge on any atom is 0.259 e. The number of nitrogens with one attached hydrogen (secondary N) is 1. The largest absolute Gasteiger partial charge is 0.308 e. The standard InChI is InChI=1S/C21H20N4O/c1-15-19-12-17(13-22-20(19)24-23-15)21(26)25(18-10-6-3-7-11-18)14-16-8-4-2-5-9-16/h2-6,8-10,12-13H,7,11,14H2,1H3,(H,22,23,24). The van der Waals surface area contributed by atoms with Gasteiger partial charge >= 0.3 is 0 Å². The van der Waals surface area contributed by atoms with Gasteiger partial charge < -0.3 is 4.90 Å². The van der Waals surface area contributed by atoms with Crippen molar-refractivity contribution in [1.82, 2.24) is 20.1 Å². The molecular weight excluding hydrogens is 324 g/mol. The molecule has 0 atom stereocenters. The highest BCUT2D eigenvalue weighted by molar-refractivity contribution is 5.98. The Labute approximate surface area is 152 Å². The molecule has 2 heterocycles. The molecule has 0 radical (unpaired) electrons. The van der Waals surface area contributed by atoms with Crippen molar-refractivity contribution in [2.45, 2.75) is 26.3 Å². The molecule has 2 aromatic heterocycles. The first-order valence-corrected chi connectivity index (χ1v) is 8.74. The second-order valence-electron chi connectivity index (χ2n) is 6.45. The summed E-state index contributed by atoms with van der Waals surface area (Å²) in [5, 5.41) is 7.94. The van der Waals surface area contributed by atoms with Crippen molar-refractivity contribution in [3.05, 3.63) is 83.3 Å². The predicted molar refractivity (Wildman–Crippen MR) is 101 cm³/mol. The van der Waals surface area contributed by atoms with Crippen LogP contribution >= 0.6 is 0 Å². The number of rotatable bonds is 4. The summed E-state index contributed by atoms with van der Waals surface area (Å²) in [5.74, 6) is -0.0367. The molecule has 1 aromatic carbocycles. The van der Waals surface area contributed by atoms with Gasteiger partial charge in [0.1, 0.15) is 0 Å². The molecule has 0 spiro atoms. The van der Waals surface area contributed by atoms with Gasteiger partial charge in [0.2, 0.25) is 0 Å². The molecule has 1 aliphatic rings. The fraction of sp³-hybridized carbons (Fsp3) is 0.190. The van der Waals surface area contributed by atoms with E-state index in [0.29, 0.717) is 17.8 Å². The molecule has 0 saturated heterocycles. The van der Waals surface area contributed by atoms with E-state index in [-0.39, 0.29) is 5.91 Å². The summed E-state index contributed by atoms with van der Waals surface area (Å²) >= 11 is 0. The lowest BCUT2D eigenvalue weighted by Crippen LogP contribution is -2.30. The van der Waals surface area contributed by atoms with Gasteiger partial charge in [0, 0.05) is 23.0 Å². The summed E-state index contributed by atoms with van der Waals surface area (Å²) in [6, 6.07) is 11.9. The zero-order chi connectivity index (χ0) is 17.9. The average molecular weight is 344 g/mol. The highest BCUT2D eigenvalue weighted by atomic mass is 16.2. The predicted octanol–water partition coefficient (Wildman–Crippen LogP) is 4.14. The van der Waals surface area contributed by atoms with E-state index in [1.165, 1.54) is 0 Å². The van der Waals surface area contributed by atoms with Crippen molar-refractivity contribution in [1.29, 1.82) is 0 Å². The van der Waals surface area contributed by atoms with Crippen LogP contribution in [-0.2, 0) is 6.54 Å². The quantitative estimate of drug-likeness (QED) is 0.773. The molecule has 1 amide bonds. The van der Waals surface area contributed by atoms with E-state index in [2.05, 4.69) is 21.3 Å². The Balaban J connectivity index is 1.71. The third kappa shape index (κ3) is 3.16. The normalized spacial score (nSPS) is 13.7. The Morgan fingerprint density at radius 2 is 2.12 bits per heavy atom. The van der Waals surface area contributed by atoms with Crippen molar-refractivity contribution in [2.24, 2.45) is 0 Å². The Kier molecular flexibility index (Phi) is 4.35. The number of hydrogen-bond donors (Lipinski definition) is 1. The highest BCUT2D eigenvalue weighted by Gasteiger charge is 2.21. The third-order valence-corrected chi connectivity index (χ3v) is 4.61. The van der Waals surface area contributed by atoms with E-state index in [4.69, 9.17) is 0 Å². The molecular formula is C21H20N4O. The Morgan fingerprint density at radius 3 is 2.88 bits per heavy atom. The molecule has 26 heavy (non-hydrogen) atoms. The number of benzene rings is 1. The van der Waals surface area contributed by atoms with Crippen LogP contribution in [0.5, 0.6) is 0 Å². The lowest BCUT2D eigenvalue weighted by Gasteiger charge is -2.26. The van der Waals surface area contributed by atoms with Crippen molar-refractivity contribution >= 4 is 16.9 Å². The van der Waals surface area contributed by atoms with Crippen LogP contribution in [0, 0.1) is 6.92 Å². The van der Waals surface area contributed by atoms with Crippen LogP contribution in [0.2, 0.25) is 0 Å². The molecule has 130 valence electrons. The monoisotopic (exact) mass is 344 g/mol. The number of aromatic nitrogens is 3. The van der Waals surface area contributed by atoms with E-state index >= 15 is 0 Å².